The number of anilines is 2. The van der Waals surface area contributed by atoms with E-state index in [1.165, 1.54) is 15.8 Å². The molecule has 2 aromatic heterocycles. The van der Waals surface area contributed by atoms with E-state index in [9.17, 15) is 4.79 Å². The quantitative estimate of drug-likeness (QED) is 0.245. The lowest BCUT2D eigenvalue weighted by Crippen LogP contribution is -2.46. The third-order valence-corrected chi connectivity index (χ3v) is 7.54. The lowest BCUT2D eigenvalue weighted by molar-refractivity contribution is 0.161. The molecule has 194 valence electrons. The van der Waals surface area contributed by atoms with Crippen molar-refractivity contribution < 1.29 is 14.3 Å². The van der Waals surface area contributed by atoms with Gasteiger partial charge in [-0.05, 0) is 73.7 Å². The fraction of sp³-hybridized carbons (Fsp3) is 0.379. The molecule has 1 amide bonds. The van der Waals surface area contributed by atoms with Crippen LogP contribution in [0.2, 0.25) is 0 Å². The SMILES string of the molecule is CCCOC(=O)Nc1ccc2ccc(OCCCCN3CCN(c4cccc5sccc45)CC3)cc2n1. The van der Waals surface area contributed by atoms with Crippen LogP contribution in [0.1, 0.15) is 26.2 Å². The third kappa shape index (κ3) is 6.50. The van der Waals surface area contributed by atoms with Crippen molar-refractivity contribution in [3.8, 4) is 5.75 Å². The number of unbranched alkanes of at least 4 members (excludes halogenated alkanes) is 1. The highest BCUT2D eigenvalue weighted by Gasteiger charge is 2.18. The highest BCUT2D eigenvalue weighted by Crippen LogP contribution is 2.31. The predicted octanol–water partition coefficient (Wildman–Crippen LogP) is 6.39. The number of pyridine rings is 1. The molecule has 5 rings (SSSR count). The van der Waals surface area contributed by atoms with Gasteiger partial charge in [0, 0.05) is 53.4 Å². The van der Waals surface area contributed by atoms with Crippen LogP contribution in [0.5, 0.6) is 5.75 Å². The summed E-state index contributed by atoms with van der Waals surface area (Å²) in [7, 11) is 0. The number of fused-ring (bicyclic) bond motifs is 2. The minimum absolute atomic E-state index is 0.389. The van der Waals surface area contributed by atoms with Crippen molar-refractivity contribution in [1.82, 2.24) is 9.88 Å². The maximum atomic E-state index is 11.8. The average Bonchev–Trinajstić information content (AvgIpc) is 3.41. The van der Waals surface area contributed by atoms with E-state index in [0.29, 0.717) is 19.0 Å². The second-order valence-corrected chi connectivity index (χ2v) is 10.3. The first kappa shape index (κ1) is 25.3. The second kappa shape index (κ2) is 12.3. The van der Waals surface area contributed by atoms with Crippen molar-refractivity contribution >= 4 is 49.9 Å². The highest BCUT2D eigenvalue weighted by molar-refractivity contribution is 7.17. The first-order valence-corrected chi connectivity index (χ1v) is 14.0. The Bertz CT molecular complexity index is 1330. The van der Waals surface area contributed by atoms with Gasteiger partial charge in [0.1, 0.15) is 11.6 Å². The Hall–Kier alpha value is -3.36. The van der Waals surface area contributed by atoms with Gasteiger partial charge in [0.15, 0.2) is 0 Å². The number of hydrogen-bond donors (Lipinski definition) is 1. The molecule has 1 fully saturated rings. The summed E-state index contributed by atoms with van der Waals surface area (Å²) in [4.78, 5) is 21.4. The van der Waals surface area contributed by atoms with E-state index >= 15 is 0 Å². The van der Waals surface area contributed by atoms with E-state index in [1.807, 2.05) is 42.5 Å². The summed E-state index contributed by atoms with van der Waals surface area (Å²) < 4.78 is 12.4. The Balaban J connectivity index is 1.04. The topological polar surface area (TPSA) is 66.9 Å². The van der Waals surface area contributed by atoms with E-state index in [1.54, 1.807) is 6.07 Å². The van der Waals surface area contributed by atoms with Crippen molar-refractivity contribution in [1.29, 1.82) is 0 Å². The van der Waals surface area contributed by atoms with Crippen LogP contribution in [0.25, 0.3) is 21.0 Å². The first-order valence-electron chi connectivity index (χ1n) is 13.1. The molecule has 3 heterocycles. The Morgan fingerprint density at radius 2 is 1.89 bits per heavy atom. The fourth-order valence-corrected chi connectivity index (χ4v) is 5.49. The molecular formula is C29H34N4O3S. The van der Waals surface area contributed by atoms with Gasteiger partial charge in [0.25, 0.3) is 0 Å². The Labute approximate surface area is 222 Å². The molecule has 37 heavy (non-hydrogen) atoms. The number of nitrogens with one attached hydrogen (secondary N) is 1. The van der Waals surface area contributed by atoms with Gasteiger partial charge in [0.05, 0.1) is 18.7 Å². The summed E-state index contributed by atoms with van der Waals surface area (Å²) in [6.07, 6.45) is 2.41. The van der Waals surface area contributed by atoms with Gasteiger partial charge in [-0.2, -0.15) is 0 Å². The number of benzene rings is 2. The third-order valence-electron chi connectivity index (χ3n) is 6.65. The van der Waals surface area contributed by atoms with Gasteiger partial charge in [-0.1, -0.05) is 13.0 Å². The molecular weight excluding hydrogens is 484 g/mol. The van der Waals surface area contributed by atoms with Crippen LogP contribution in [0.15, 0.2) is 60.0 Å². The van der Waals surface area contributed by atoms with E-state index in [2.05, 4.69) is 49.7 Å². The summed E-state index contributed by atoms with van der Waals surface area (Å²) in [6.45, 7) is 8.46. The van der Waals surface area contributed by atoms with Gasteiger partial charge in [-0.25, -0.2) is 9.78 Å². The standard InChI is InChI=1S/C29H34N4O3S/c1-2-18-36-29(34)31-28-11-9-22-8-10-23(21-25(22)30-28)35-19-4-3-13-32-14-16-33(17-15-32)26-6-5-7-27-24(26)12-20-37-27/h5-12,20-21H,2-4,13-19H2,1H3,(H,30,31,34). The number of hydrogen-bond acceptors (Lipinski definition) is 7. The number of nitrogens with zero attached hydrogens (tertiary/aromatic N) is 3. The van der Waals surface area contributed by atoms with Gasteiger partial charge in [0.2, 0.25) is 0 Å². The summed E-state index contributed by atoms with van der Waals surface area (Å²) in [5.41, 5.74) is 2.15. The Morgan fingerprint density at radius 3 is 2.76 bits per heavy atom. The van der Waals surface area contributed by atoms with E-state index in [4.69, 9.17) is 9.47 Å². The number of amides is 1. The molecule has 1 aliphatic heterocycles. The van der Waals surface area contributed by atoms with Gasteiger partial charge in [-0.3, -0.25) is 10.2 Å². The number of aromatic nitrogens is 1. The van der Waals surface area contributed by atoms with Crippen LogP contribution in [0.4, 0.5) is 16.3 Å². The molecule has 1 saturated heterocycles. The smallest absolute Gasteiger partial charge is 0.412 e. The lowest BCUT2D eigenvalue weighted by Gasteiger charge is -2.36. The van der Waals surface area contributed by atoms with Crippen LogP contribution in [-0.2, 0) is 4.74 Å². The van der Waals surface area contributed by atoms with Gasteiger partial charge >= 0.3 is 6.09 Å². The Morgan fingerprint density at radius 1 is 1.03 bits per heavy atom. The number of piperazine rings is 1. The maximum absolute atomic E-state index is 11.8. The molecule has 0 radical (unpaired) electrons. The summed E-state index contributed by atoms with van der Waals surface area (Å²) in [5, 5.41) is 7.23. The molecule has 0 aliphatic carbocycles. The molecule has 0 saturated carbocycles. The zero-order valence-electron chi connectivity index (χ0n) is 21.3. The average molecular weight is 519 g/mol. The summed E-state index contributed by atoms with van der Waals surface area (Å²) >= 11 is 1.81. The normalized spacial score (nSPS) is 14.2. The highest BCUT2D eigenvalue weighted by atomic mass is 32.1. The summed E-state index contributed by atoms with van der Waals surface area (Å²) in [5.74, 6) is 1.26. The van der Waals surface area contributed by atoms with E-state index in [-0.39, 0.29) is 0 Å². The monoisotopic (exact) mass is 518 g/mol. The maximum Gasteiger partial charge on any atom is 0.412 e. The van der Waals surface area contributed by atoms with Gasteiger partial charge in [-0.15, -0.1) is 11.3 Å². The number of carbonyl (C=O) groups is 1. The molecule has 0 atom stereocenters. The largest absolute Gasteiger partial charge is 0.494 e. The zero-order valence-corrected chi connectivity index (χ0v) is 22.1. The van der Waals surface area contributed by atoms with Crippen LogP contribution in [0.3, 0.4) is 0 Å². The Kier molecular flexibility index (Phi) is 8.38. The van der Waals surface area contributed by atoms with Gasteiger partial charge < -0.3 is 14.4 Å². The van der Waals surface area contributed by atoms with E-state index in [0.717, 1.165) is 68.6 Å². The first-order chi connectivity index (χ1) is 18.2. The molecule has 0 spiro atoms. The number of carbonyl (C=O) groups excluding carboxylic acids is 1. The van der Waals surface area contributed by atoms with Crippen molar-refractivity contribution in [2.45, 2.75) is 26.2 Å². The van der Waals surface area contributed by atoms with Crippen LogP contribution in [0, 0.1) is 0 Å². The number of ether oxygens (including phenoxy) is 2. The lowest BCUT2D eigenvalue weighted by atomic mass is 10.2. The van der Waals surface area contributed by atoms with Crippen molar-refractivity contribution in [3.05, 3.63) is 60.0 Å². The van der Waals surface area contributed by atoms with Crippen molar-refractivity contribution in [2.24, 2.45) is 0 Å². The predicted molar refractivity (Wildman–Crippen MR) is 152 cm³/mol. The fourth-order valence-electron chi connectivity index (χ4n) is 4.69. The molecule has 0 bridgehead atoms. The molecule has 7 nitrogen and oxygen atoms in total. The molecule has 0 unspecified atom stereocenters. The van der Waals surface area contributed by atoms with Crippen LogP contribution in [-0.4, -0.2) is 61.9 Å². The minimum Gasteiger partial charge on any atom is -0.494 e. The molecule has 8 heteroatoms. The molecule has 1 aliphatic rings. The van der Waals surface area contributed by atoms with E-state index < -0.39 is 6.09 Å². The van der Waals surface area contributed by atoms with Crippen molar-refractivity contribution in [3.63, 3.8) is 0 Å². The van der Waals surface area contributed by atoms with Crippen molar-refractivity contribution in [2.75, 3.05) is 56.2 Å². The summed E-state index contributed by atoms with van der Waals surface area (Å²) in [6, 6.07) is 18.5. The second-order valence-electron chi connectivity index (χ2n) is 9.31. The van der Waals surface area contributed by atoms with Crippen LogP contribution >= 0.6 is 11.3 Å². The molecule has 2 aromatic carbocycles. The number of thiophene rings is 1. The zero-order chi connectivity index (χ0) is 25.5. The minimum atomic E-state index is -0.484. The van der Waals surface area contributed by atoms with Crippen LogP contribution < -0.4 is 15.0 Å². The molecule has 4 aromatic rings. The molecule has 1 N–H and O–H groups in total. The number of rotatable bonds is 10.